The average Bonchev–Trinajstić information content (AvgIpc) is 2.73. The smallest absolute Gasteiger partial charge is 0.258 e. The van der Waals surface area contributed by atoms with Gasteiger partial charge in [-0.05, 0) is 48.7 Å². The number of para-hydroxylation sites is 1. The summed E-state index contributed by atoms with van der Waals surface area (Å²) in [5, 5.41) is 0.938. The van der Waals surface area contributed by atoms with Crippen LogP contribution in [0.15, 0.2) is 89.7 Å². The Morgan fingerprint density at radius 2 is 1.57 bits per heavy atom. The van der Waals surface area contributed by atoms with Crippen molar-refractivity contribution in [1.29, 1.82) is 0 Å². The molecule has 0 bridgehead atoms. The first-order valence-corrected chi connectivity index (χ1v) is 9.16. The molecule has 138 valence electrons. The maximum atomic E-state index is 13.2. The summed E-state index contributed by atoms with van der Waals surface area (Å²) in [7, 11) is 0. The van der Waals surface area contributed by atoms with Gasteiger partial charge >= 0.3 is 0 Å². The number of H-pyrrole nitrogens is 1. The number of hydrogen-bond donors (Lipinski definition) is 1. The molecular weight excluding hydrogens is 348 g/mol. The maximum Gasteiger partial charge on any atom is 0.258 e. The molecule has 0 fully saturated rings. The van der Waals surface area contributed by atoms with Crippen LogP contribution < -0.4 is 10.5 Å². The van der Waals surface area contributed by atoms with E-state index in [9.17, 15) is 9.59 Å². The molecule has 1 amide bonds. The third-order valence-electron chi connectivity index (χ3n) is 4.77. The van der Waals surface area contributed by atoms with Crippen LogP contribution in [0.5, 0.6) is 0 Å². The second-order valence-corrected chi connectivity index (χ2v) is 6.80. The van der Waals surface area contributed by atoms with Gasteiger partial charge in [-0.1, -0.05) is 54.1 Å². The summed E-state index contributed by atoms with van der Waals surface area (Å²) < 4.78 is 0. The van der Waals surface area contributed by atoms with Crippen molar-refractivity contribution in [3.8, 4) is 0 Å². The quantitative estimate of drug-likeness (QED) is 0.568. The minimum absolute atomic E-state index is 0.142. The molecule has 0 unspecified atom stereocenters. The number of amides is 1. The van der Waals surface area contributed by atoms with Crippen LogP contribution in [0.4, 0.5) is 5.69 Å². The van der Waals surface area contributed by atoms with Crippen LogP contribution in [-0.2, 0) is 6.54 Å². The monoisotopic (exact) mass is 368 g/mol. The van der Waals surface area contributed by atoms with Gasteiger partial charge in [0.15, 0.2) is 0 Å². The minimum Gasteiger partial charge on any atom is -0.322 e. The molecule has 3 aromatic carbocycles. The molecule has 0 aliphatic heterocycles. The van der Waals surface area contributed by atoms with Crippen LogP contribution in [0.25, 0.3) is 10.9 Å². The van der Waals surface area contributed by atoms with Crippen molar-refractivity contribution in [2.24, 2.45) is 0 Å². The number of pyridine rings is 1. The van der Waals surface area contributed by atoms with Crippen LogP contribution in [-0.4, -0.2) is 10.9 Å². The molecule has 1 aromatic heterocycles. The van der Waals surface area contributed by atoms with Gasteiger partial charge < -0.3 is 9.88 Å². The highest BCUT2D eigenvalue weighted by atomic mass is 16.2. The van der Waals surface area contributed by atoms with Crippen molar-refractivity contribution in [3.05, 3.63) is 112 Å². The van der Waals surface area contributed by atoms with Gasteiger partial charge in [0.05, 0.1) is 6.54 Å². The van der Waals surface area contributed by atoms with Gasteiger partial charge in [0.2, 0.25) is 0 Å². The van der Waals surface area contributed by atoms with Crippen molar-refractivity contribution in [1.82, 2.24) is 4.98 Å². The van der Waals surface area contributed by atoms with Crippen molar-refractivity contribution < 1.29 is 4.79 Å². The first kappa shape index (κ1) is 17.7. The number of aromatic nitrogens is 1. The first-order chi connectivity index (χ1) is 13.6. The number of hydrogen-bond acceptors (Lipinski definition) is 2. The van der Waals surface area contributed by atoms with Gasteiger partial charge in [-0.15, -0.1) is 0 Å². The number of fused-ring (bicyclic) bond motifs is 1. The largest absolute Gasteiger partial charge is 0.322 e. The molecule has 0 saturated carbocycles. The number of rotatable bonds is 4. The molecule has 0 aliphatic carbocycles. The number of aromatic amines is 1. The Kier molecular flexibility index (Phi) is 4.77. The normalized spacial score (nSPS) is 10.8. The molecule has 1 N–H and O–H groups in total. The third kappa shape index (κ3) is 3.58. The molecule has 4 aromatic rings. The minimum atomic E-state index is -0.184. The summed E-state index contributed by atoms with van der Waals surface area (Å²) in [5.41, 5.74) is 3.60. The van der Waals surface area contributed by atoms with Gasteiger partial charge in [-0.2, -0.15) is 0 Å². The van der Waals surface area contributed by atoms with E-state index in [0.29, 0.717) is 11.1 Å². The number of carbonyl (C=O) groups excluding carboxylic acids is 1. The number of carbonyl (C=O) groups is 1. The molecule has 28 heavy (non-hydrogen) atoms. The maximum absolute atomic E-state index is 13.2. The number of anilines is 1. The molecule has 0 spiro atoms. The molecule has 0 radical (unpaired) electrons. The molecule has 0 aliphatic rings. The fourth-order valence-corrected chi connectivity index (χ4v) is 3.22. The Bertz CT molecular complexity index is 1180. The van der Waals surface area contributed by atoms with E-state index in [0.717, 1.165) is 22.2 Å². The first-order valence-electron chi connectivity index (χ1n) is 9.16. The lowest BCUT2D eigenvalue weighted by Gasteiger charge is -2.23. The lowest BCUT2D eigenvalue weighted by atomic mass is 10.1. The van der Waals surface area contributed by atoms with E-state index >= 15 is 0 Å². The molecular formula is C24H20N2O2. The Morgan fingerprint density at radius 3 is 2.32 bits per heavy atom. The van der Waals surface area contributed by atoms with Crippen LogP contribution in [0.2, 0.25) is 0 Å². The van der Waals surface area contributed by atoms with Crippen molar-refractivity contribution in [2.45, 2.75) is 13.5 Å². The number of nitrogens with one attached hydrogen (secondary N) is 1. The predicted octanol–water partition coefficient (Wildman–Crippen LogP) is 4.68. The van der Waals surface area contributed by atoms with Gasteiger partial charge in [0.1, 0.15) is 0 Å². The van der Waals surface area contributed by atoms with Crippen molar-refractivity contribution in [3.63, 3.8) is 0 Å². The van der Waals surface area contributed by atoms with Crippen molar-refractivity contribution >= 4 is 22.5 Å². The molecule has 0 atom stereocenters. The second-order valence-electron chi connectivity index (χ2n) is 6.80. The molecule has 4 rings (SSSR count). The fraction of sp³-hybridized carbons (Fsp3) is 0.0833. The van der Waals surface area contributed by atoms with Crippen molar-refractivity contribution in [2.75, 3.05) is 4.90 Å². The van der Waals surface area contributed by atoms with E-state index in [1.54, 1.807) is 17.0 Å². The Morgan fingerprint density at radius 1 is 0.893 bits per heavy atom. The third-order valence-corrected chi connectivity index (χ3v) is 4.77. The number of aryl methyl sites for hydroxylation is 1. The SMILES string of the molecule is Cc1ccc(N(Cc2cc3ccccc3[nH]c2=O)C(=O)c2ccccc2)cc1. The zero-order chi connectivity index (χ0) is 19.5. The summed E-state index contributed by atoms with van der Waals surface area (Å²) in [6.07, 6.45) is 0. The van der Waals surface area contributed by atoms with E-state index < -0.39 is 0 Å². The van der Waals surface area contributed by atoms with Crippen LogP contribution >= 0.6 is 0 Å². The highest BCUT2D eigenvalue weighted by molar-refractivity contribution is 6.06. The highest BCUT2D eigenvalue weighted by Gasteiger charge is 2.19. The van der Waals surface area contributed by atoms with Crippen LogP contribution in [0.1, 0.15) is 21.5 Å². The van der Waals surface area contributed by atoms with E-state index in [2.05, 4.69) is 4.98 Å². The summed E-state index contributed by atoms with van der Waals surface area (Å²) >= 11 is 0. The number of benzene rings is 3. The summed E-state index contributed by atoms with van der Waals surface area (Å²) in [5.74, 6) is -0.142. The second kappa shape index (κ2) is 7.53. The van der Waals surface area contributed by atoms with Crippen LogP contribution in [0.3, 0.4) is 0 Å². The van der Waals surface area contributed by atoms with E-state index in [4.69, 9.17) is 0 Å². The lowest BCUT2D eigenvalue weighted by molar-refractivity contribution is 0.0985. The van der Waals surface area contributed by atoms with Gasteiger partial charge in [-0.3, -0.25) is 9.59 Å². The van der Waals surface area contributed by atoms with E-state index in [-0.39, 0.29) is 18.0 Å². The zero-order valence-corrected chi connectivity index (χ0v) is 15.6. The molecule has 4 nitrogen and oxygen atoms in total. The lowest BCUT2D eigenvalue weighted by Crippen LogP contribution is -2.32. The predicted molar refractivity (Wildman–Crippen MR) is 113 cm³/mol. The summed E-state index contributed by atoms with van der Waals surface area (Å²) in [6, 6.07) is 26.3. The zero-order valence-electron chi connectivity index (χ0n) is 15.6. The highest BCUT2D eigenvalue weighted by Crippen LogP contribution is 2.21. The Labute approximate surface area is 163 Å². The topological polar surface area (TPSA) is 53.2 Å². The molecule has 4 heteroatoms. The van der Waals surface area contributed by atoms with Gasteiger partial charge in [0, 0.05) is 22.3 Å². The van der Waals surface area contributed by atoms with E-state index in [1.165, 1.54) is 0 Å². The Balaban J connectivity index is 1.77. The molecule has 0 saturated heterocycles. The summed E-state index contributed by atoms with van der Waals surface area (Å²) in [6.45, 7) is 2.19. The van der Waals surface area contributed by atoms with Gasteiger partial charge in [0.25, 0.3) is 11.5 Å². The summed E-state index contributed by atoms with van der Waals surface area (Å²) in [4.78, 5) is 30.4. The standard InChI is InChI=1S/C24H20N2O2/c1-17-11-13-21(14-12-17)26(24(28)18-7-3-2-4-8-18)16-20-15-19-9-5-6-10-22(19)25-23(20)27/h2-15H,16H2,1H3,(H,25,27). The number of nitrogens with zero attached hydrogens (tertiary/aromatic N) is 1. The van der Waals surface area contributed by atoms with Gasteiger partial charge in [-0.25, -0.2) is 0 Å². The fourth-order valence-electron chi connectivity index (χ4n) is 3.22. The Hall–Kier alpha value is -3.66. The average molecular weight is 368 g/mol. The molecule has 1 heterocycles. The van der Waals surface area contributed by atoms with E-state index in [1.807, 2.05) is 79.7 Å². The van der Waals surface area contributed by atoms with Crippen LogP contribution in [0, 0.1) is 6.92 Å².